The zero-order chi connectivity index (χ0) is 24.8. The van der Waals surface area contributed by atoms with Gasteiger partial charge in [-0.15, -0.1) is 24.5 Å². The molecule has 0 aliphatic carbocycles. The molecule has 0 bridgehead atoms. The van der Waals surface area contributed by atoms with Gasteiger partial charge in [0, 0.05) is 10.4 Å². The van der Waals surface area contributed by atoms with Gasteiger partial charge in [-0.3, -0.25) is 0 Å². The average Bonchev–Trinajstić information content (AvgIpc) is 3.13. The summed E-state index contributed by atoms with van der Waals surface area (Å²) in [5, 5.41) is 1.18. The molecule has 0 N–H and O–H groups in total. The van der Waals surface area contributed by atoms with Crippen molar-refractivity contribution in [3.63, 3.8) is 0 Å². The Morgan fingerprint density at radius 1 is 0.912 bits per heavy atom. The van der Waals surface area contributed by atoms with Crippen LogP contribution in [0.15, 0.2) is 42.7 Å². The van der Waals surface area contributed by atoms with Gasteiger partial charge in [-0.05, 0) is 35.2 Å². The molecule has 178 valence electrons. The summed E-state index contributed by atoms with van der Waals surface area (Å²) in [6.45, 7) is 6.11. The van der Waals surface area contributed by atoms with E-state index < -0.39 is 12.1 Å². The predicted octanol–water partition coefficient (Wildman–Crippen LogP) is 9.31. The summed E-state index contributed by atoms with van der Waals surface area (Å²) in [5.74, 6) is -0.878. The van der Waals surface area contributed by atoms with Gasteiger partial charge in [-0.2, -0.15) is 0 Å². The molecule has 34 heavy (non-hydrogen) atoms. The first-order chi connectivity index (χ1) is 15.8. The molecule has 0 saturated carbocycles. The SMILES string of the molecule is CC(C)(C)c1sc2ncnc(Oc3c(Cl)cccc3OC(F)(F)F)c2c1-c1ccc(Cl)c(Cl)c1. The highest BCUT2D eigenvalue weighted by molar-refractivity contribution is 7.19. The summed E-state index contributed by atoms with van der Waals surface area (Å²) in [4.78, 5) is 10.1. The van der Waals surface area contributed by atoms with Gasteiger partial charge in [0.15, 0.2) is 11.5 Å². The van der Waals surface area contributed by atoms with Crippen LogP contribution in [0.4, 0.5) is 13.2 Å². The summed E-state index contributed by atoms with van der Waals surface area (Å²) in [7, 11) is 0. The van der Waals surface area contributed by atoms with Gasteiger partial charge in [0.05, 0.1) is 20.5 Å². The third-order valence-corrected chi connectivity index (χ3v) is 7.26. The van der Waals surface area contributed by atoms with E-state index in [0.29, 0.717) is 20.3 Å². The van der Waals surface area contributed by atoms with Crippen molar-refractivity contribution < 1.29 is 22.6 Å². The highest BCUT2D eigenvalue weighted by atomic mass is 35.5. The van der Waals surface area contributed by atoms with Gasteiger partial charge in [0.25, 0.3) is 0 Å². The van der Waals surface area contributed by atoms with Crippen molar-refractivity contribution in [2.45, 2.75) is 32.5 Å². The normalized spacial score (nSPS) is 12.3. The minimum absolute atomic E-state index is 0.0259. The van der Waals surface area contributed by atoms with Gasteiger partial charge in [-0.1, -0.05) is 67.7 Å². The van der Waals surface area contributed by atoms with Crippen molar-refractivity contribution >= 4 is 56.4 Å². The third kappa shape index (κ3) is 5.05. The van der Waals surface area contributed by atoms with Crippen molar-refractivity contribution in [1.82, 2.24) is 9.97 Å². The molecule has 4 aromatic rings. The average molecular weight is 548 g/mol. The van der Waals surface area contributed by atoms with E-state index in [9.17, 15) is 13.2 Å². The lowest BCUT2D eigenvalue weighted by Gasteiger charge is -2.20. The Balaban J connectivity index is 1.97. The van der Waals surface area contributed by atoms with Crippen LogP contribution < -0.4 is 9.47 Å². The van der Waals surface area contributed by atoms with E-state index in [4.69, 9.17) is 39.5 Å². The number of hydrogen-bond acceptors (Lipinski definition) is 5. The zero-order valence-electron chi connectivity index (χ0n) is 17.9. The first-order valence-corrected chi connectivity index (χ1v) is 11.8. The lowest BCUT2D eigenvalue weighted by molar-refractivity contribution is -0.275. The molecular formula is C23H16Cl3F3N2O2S. The molecule has 0 spiro atoms. The molecule has 0 radical (unpaired) electrons. The number of ether oxygens (including phenoxy) is 2. The molecular weight excluding hydrogens is 532 g/mol. The molecule has 0 fully saturated rings. The van der Waals surface area contributed by atoms with Crippen LogP contribution in [-0.4, -0.2) is 16.3 Å². The van der Waals surface area contributed by atoms with E-state index in [1.807, 2.05) is 20.8 Å². The number of aromatic nitrogens is 2. The molecule has 11 heteroatoms. The van der Waals surface area contributed by atoms with Gasteiger partial charge >= 0.3 is 6.36 Å². The maximum absolute atomic E-state index is 13.0. The van der Waals surface area contributed by atoms with Crippen molar-refractivity contribution in [3.8, 4) is 28.5 Å². The zero-order valence-corrected chi connectivity index (χ0v) is 21.0. The van der Waals surface area contributed by atoms with Crippen molar-refractivity contribution in [2.75, 3.05) is 0 Å². The fourth-order valence-corrected chi connectivity index (χ4v) is 5.04. The van der Waals surface area contributed by atoms with E-state index in [1.54, 1.807) is 18.2 Å². The van der Waals surface area contributed by atoms with E-state index in [-0.39, 0.29) is 22.1 Å². The molecule has 0 saturated heterocycles. The molecule has 4 rings (SSSR count). The van der Waals surface area contributed by atoms with Crippen LogP contribution in [0.2, 0.25) is 15.1 Å². The molecule has 0 aliphatic rings. The first kappa shape index (κ1) is 24.9. The largest absolute Gasteiger partial charge is 0.573 e. The number of halogens is 6. The minimum atomic E-state index is -4.93. The Kier molecular flexibility index (Phi) is 6.63. The second-order valence-electron chi connectivity index (χ2n) is 8.26. The number of benzene rings is 2. The van der Waals surface area contributed by atoms with Crippen LogP contribution >= 0.6 is 46.1 Å². The summed E-state index contributed by atoms with van der Waals surface area (Å²) in [6.07, 6.45) is -3.66. The van der Waals surface area contributed by atoms with Crippen LogP contribution in [0.5, 0.6) is 17.4 Å². The Hall–Kier alpha value is -2.26. The number of nitrogens with zero attached hydrogens (tertiary/aromatic N) is 2. The highest BCUT2D eigenvalue weighted by Crippen LogP contribution is 2.49. The number of fused-ring (bicyclic) bond motifs is 1. The van der Waals surface area contributed by atoms with Gasteiger partial charge in [0.1, 0.15) is 11.2 Å². The fourth-order valence-electron chi connectivity index (χ4n) is 3.33. The highest BCUT2D eigenvalue weighted by Gasteiger charge is 2.34. The van der Waals surface area contributed by atoms with Crippen LogP contribution in [0, 0.1) is 0 Å². The van der Waals surface area contributed by atoms with Crippen LogP contribution in [0.1, 0.15) is 25.6 Å². The Morgan fingerprint density at radius 2 is 1.65 bits per heavy atom. The predicted molar refractivity (Wildman–Crippen MR) is 130 cm³/mol. The second kappa shape index (κ2) is 9.07. The van der Waals surface area contributed by atoms with E-state index in [2.05, 4.69) is 14.7 Å². The summed E-state index contributed by atoms with van der Waals surface area (Å²) < 4.78 is 48.9. The first-order valence-electron chi connectivity index (χ1n) is 9.80. The Labute approximate surface area is 212 Å². The van der Waals surface area contributed by atoms with Crippen LogP contribution in [0.3, 0.4) is 0 Å². The Bertz CT molecular complexity index is 1380. The van der Waals surface area contributed by atoms with Gasteiger partial charge in [0.2, 0.25) is 5.88 Å². The molecule has 2 aromatic carbocycles. The van der Waals surface area contributed by atoms with Crippen LogP contribution in [-0.2, 0) is 5.41 Å². The summed E-state index contributed by atoms with van der Waals surface area (Å²) in [5.41, 5.74) is 1.17. The maximum atomic E-state index is 13.0. The fraction of sp³-hybridized carbons (Fsp3) is 0.217. The van der Waals surface area contributed by atoms with Crippen molar-refractivity contribution in [2.24, 2.45) is 0 Å². The standard InChI is InChI=1S/C23H16Cl3F3N2O2S/c1-22(2,3)19-16(11-7-8-12(24)14(26)9-11)17-20(30-10-31-21(17)34-19)32-18-13(25)5-4-6-15(18)33-23(27,28)29/h4-10H,1-3H3. The molecule has 0 unspecified atom stereocenters. The number of para-hydroxylation sites is 1. The second-order valence-corrected chi connectivity index (χ2v) is 10.5. The molecule has 0 amide bonds. The van der Waals surface area contributed by atoms with Crippen molar-refractivity contribution in [3.05, 3.63) is 62.7 Å². The maximum Gasteiger partial charge on any atom is 0.573 e. The topological polar surface area (TPSA) is 44.2 Å². The monoisotopic (exact) mass is 546 g/mol. The van der Waals surface area contributed by atoms with Gasteiger partial charge in [-0.25, -0.2) is 9.97 Å². The van der Waals surface area contributed by atoms with Crippen LogP contribution in [0.25, 0.3) is 21.3 Å². The number of alkyl halides is 3. The molecule has 4 nitrogen and oxygen atoms in total. The minimum Gasteiger partial charge on any atom is -0.433 e. The third-order valence-electron chi connectivity index (χ3n) is 4.70. The number of rotatable bonds is 4. The van der Waals surface area contributed by atoms with E-state index in [0.717, 1.165) is 22.1 Å². The molecule has 2 aromatic heterocycles. The van der Waals surface area contributed by atoms with Crippen molar-refractivity contribution in [1.29, 1.82) is 0 Å². The summed E-state index contributed by atoms with van der Waals surface area (Å²) in [6, 6.07) is 9.02. The lowest BCUT2D eigenvalue weighted by Crippen LogP contribution is -2.17. The summed E-state index contributed by atoms with van der Waals surface area (Å²) >= 11 is 20.0. The molecule has 0 aliphatic heterocycles. The smallest absolute Gasteiger partial charge is 0.433 e. The lowest BCUT2D eigenvalue weighted by atomic mass is 9.88. The molecule has 2 heterocycles. The molecule has 0 atom stereocenters. The Morgan fingerprint density at radius 3 is 2.29 bits per heavy atom. The van der Waals surface area contributed by atoms with E-state index >= 15 is 0 Å². The van der Waals surface area contributed by atoms with Gasteiger partial charge < -0.3 is 9.47 Å². The number of thiophene rings is 1. The van der Waals surface area contributed by atoms with E-state index in [1.165, 1.54) is 29.8 Å². The quantitative estimate of drug-likeness (QED) is 0.255. The number of hydrogen-bond donors (Lipinski definition) is 0.